The summed E-state index contributed by atoms with van der Waals surface area (Å²) in [7, 11) is 1.61. The van der Waals surface area contributed by atoms with E-state index < -0.39 is 11.8 Å². The first-order valence-corrected chi connectivity index (χ1v) is 10.1. The van der Waals surface area contributed by atoms with E-state index >= 15 is 0 Å². The highest BCUT2D eigenvalue weighted by Gasteiger charge is 2.29. The van der Waals surface area contributed by atoms with Crippen molar-refractivity contribution < 1.29 is 14.4 Å². The number of carbonyl (C=O) groups excluding carboxylic acids is 3. The van der Waals surface area contributed by atoms with Crippen LogP contribution in [0.4, 0.5) is 0 Å². The Hall–Kier alpha value is -3.20. The number of aromatic nitrogens is 2. The molecule has 1 N–H and O–H groups in total. The normalized spacial score (nSPS) is 14.7. The largest absolute Gasteiger partial charge is 0.350 e. The lowest BCUT2D eigenvalue weighted by Crippen LogP contribution is -2.54. The number of nitrogens with one attached hydrogen (secondary N) is 1. The number of hydrogen-bond acceptors (Lipinski definition) is 5. The van der Waals surface area contributed by atoms with Gasteiger partial charge in [0.25, 0.3) is 5.91 Å². The number of benzene rings is 1. The van der Waals surface area contributed by atoms with E-state index in [1.54, 1.807) is 7.05 Å². The van der Waals surface area contributed by atoms with Gasteiger partial charge in [0.05, 0.1) is 16.3 Å². The van der Waals surface area contributed by atoms with Gasteiger partial charge in [-0.2, -0.15) is 5.10 Å². The quantitative estimate of drug-likeness (QED) is 0.644. The molecule has 1 saturated heterocycles. The fourth-order valence-electron chi connectivity index (χ4n) is 3.28. The number of thiophene rings is 1. The Balaban J connectivity index is 1.44. The first-order chi connectivity index (χ1) is 14.0. The van der Waals surface area contributed by atoms with Gasteiger partial charge in [0.1, 0.15) is 4.83 Å². The average molecular weight is 411 g/mol. The zero-order valence-electron chi connectivity index (χ0n) is 16.2. The second-order valence-corrected chi connectivity index (χ2v) is 7.97. The number of amides is 3. The van der Waals surface area contributed by atoms with E-state index in [-0.39, 0.29) is 5.91 Å². The summed E-state index contributed by atoms with van der Waals surface area (Å²) in [5.74, 6) is -1.22. The Kier molecular flexibility index (Phi) is 5.06. The zero-order chi connectivity index (χ0) is 20.5. The lowest BCUT2D eigenvalue weighted by molar-refractivity contribution is -0.154. The fraction of sp³-hybridized carbons (Fsp3) is 0.300. The maximum Gasteiger partial charge on any atom is 0.312 e. The van der Waals surface area contributed by atoms with Crippen molar-refractivity contribution in [2.24, 2.45) is 0 Å². The number of fused-ring (bicyclic) bond motifs is 1. The molecule has 3 aromatic rings. The Morgan fingerprint density at radius 3 is 2.69 bits per heavy atom. The molecule has 3 amide bonds. The molecule has 1 aliphatic rings. The van der Waals surface area contributed by atoms with Gasteiger partial charge in [-0.15, -0.1) is 11.3 Å². The molecule has 0 radical (unpaired) electrons. The molecule has 0 saturated carbocycles. The molecular weight excluding hydrogens is 390 g/mol. The van der Waals surface area contributed by atoms with Crippen molar-refractivity contribution in [2.75, 3.05) is 33.2 Å². The molecule has 3 heterocycles. The summed E-state index contributed by atoms with van der Waals surface area (Å²) in [5.41, 5.74) is 1.80. The van der Waals surface area contributed by atoms with Crippen LogP contribution in [-0.4, -0.2) is 70.5 Å². The van der Waals surface area contributed by atoms with E-state index in [1.807, 2.05) is 48.0 Å². The SMILES string of the molecule is Cc1nn(-c2ccccc2)c2sc(C(=O)NCCN3CCN(C)C(=O)C3=O)cc12. The van der Waals surface area contributed by atoms with Gasteiger partial charge in [-0.25, -0.2) is 4.68 Å². The summed E-state index contributed by atoms with van der Waals surface area (Å²) in [5, 5.41) is 8.37. The predicted octanol–water partition coefficient (Wildman–Crippen LogP) is 1.43. The summed E-state index contributed by atoms with van der Waals surface area (Å²) in [4.78, 5) is 40.7. The van der Waals surface area contributed by atoms with Crippen molar-refractivity contribution in [3.05, 3.63) is 47.0 Å². The fourth-order valence-corrected chi connectivity index (χ4v) is 4.38. The van der Waals surface area contributed by atoms with Gasteiger partial charge in [-0.1, -0.05) is 18.2 Å². The second kappa shape index (κ2) is 7.67. The highest BCUT2D eigenvalue weighted by Crippen LogP contribution is 2.30. The van der Waals surface area contributed by atoms with Gasteiger partial charge >= 0.3 is 11.8 Å². The first kappa shape index (κ1) is 19.1. The van der Waals surface area contributed by atoms with Crippen molar-refractivity contribution in [3.63, 3.8) is 0 Å². The summed E-state index contributed by atoms with van der Waals surface area (Å²) in [6, 6.07) is 11.6. The van der Waals surface area contributed by atoms with E-state index in [1.165, 1.54) is 21.1 Å². The molecule has 0 aliphatic carbocycles. The smallest absolute Gasteiger partial charge is 0.312 e. The third-order valence-corrected chi connectivity index (χ3v) is 6.07. The molecule has 29 heavy (non-hydrogen) atoms. The third kappa shape index (κ3) is 3.61. The van der Waals surface area contributed by atoms with Crippen LogP contribution in [0, 0.1) is 6.92 Å². The lowest BCUT2D eigenvalue weighted by atomic mass is 10.3. The van der Waals surface area contributed by atoms with Crippen LogP contribution >= 0.6 is 11.3 Å². The van der Waals surface area contributed by atoms with Crippen molar-refractivity contribution >= 4 is 39.3 Å². The van der Waals surface area contributed by atoms with Gasteiger partial charge in [0.15, 0.2) is 0 Å². The minimum Gasteiger partial charge on any atom is -0.350 e. The molecule has 0 spiro atoms. The number of likely N-dealkylation sites (N-methyl/N-ethyl adjacent to an activating group) is 1. The van der Waals surface area contributed by atoms with Gasteiger partial charge < -0.3 is 15.1 Å². The second-order valence-electron chi connectivity index (χ2n) is 6.94. The molecule has 1 aromatic carbocycles. The lowest BCUT2D eigenvalue weighted by Gasteiger charge is -2.31. The van der Waals surface area contributed by atoms with Crippen LogP contribution < -0.4 is 5.32 Å². The number of nitrogens with zero attached hydrogens (tertiary/aromatic N) is 4. The number of hydrogen-bond donors (Lipinski definition) is 1. The molecule has 150 valence electrons. The van der Waals surface area contributed by atoms with Crippen LogP contribution in [-0.2, 0) is 9.59 Å². The van der Waals surface area contributed by atoms with Gasteiger partial charge in [0, 0.05) is 38.6 Å². The maximum absolute atomic E-state index is 12.6. The summed E-state index contributed by atoms with van der Waals surface area (Å²) < 4.78 is 1.85. The van der Waals surface area contributed by atoms with E-state index in [0.717, 1.165) is 21.6 Å². The topological polar surface area (TPSA) is 87.5 Å². The Bertz CT molecular complexity index is 1090. The Morgan fingerprint density at radius 2 is 1.93 bits per heavy atom. The summed E-state index contributed by atoms with van der Waals surface area (Å²) in [6.07, 6.45) is 0. The van der Waals surface area contributed by atoms with Crippen molar-refractivity contribution in [1.29, 1.82) is 0 Å². The Labute approximate surface area is 171 Å². The average Bonchev–Trinajstić information content (AvgIpc) is 3.29. The summed E-state index contributed by atoms with van der Waals surface area (Å²) >= 11 is 1.38. The first-order valence-electron chi connectivity index (χ1n) is 9.33. The molecule has 0 unspecified atom stereocenters. The number of carbonyl (C=O) groups is 3. The molecule has 8 nitrogen and oxygen atoms in total. The van der Waals surface area contributed by atoms with Gasteiger partial charge in [0.2, 0.25) is 0 Å². The number of para-hydroxylation sites is 1. The zero-order valence-corrected chi connectivity index (χ0v) is 17.0. The maximum atomic E-state index is 12.6. The summed E-state index contributed by atoms with van der Waals surface area (Å²) in [6.45, 7) is 3.51. The van der Waals surface area contributed by atoms with Crippen molar-refractivity contribution in [2.45, 2.75) is 6.92 Å². The van der Waals surface area contributed by atoms with Crippen LogP contribution in [0.5, 0.6) is 0 Å². The molecule has 4 rings (SSSR count). The van der Waals surface area contributed by atoms with Crippen molar-refractivity contribution in [1.82, 2.24) is 24.9 Å². The minimum absolute atomic E-state index is 0.196. The third-order valence-electron chi connectivity index (χ3n) is 4.96. The van der Waals surface area contributed by atoms with Gasteiger partial charge in [-0.3, -0.25) is 14.4 Å². The monoisotopic (exact) mass is 411 g/mol. The van der Waals surface area contributed by atoms with E-state index in [2.05, 4.69) is 10.4 Å². The molecule has 0 bridgehead atoms. The minimum atomic E-state index is -0.520. The molecule has 0 atom stereocenters. The molecular formula is C20H21N5O3S. The number of rotatable bonds is 5. The van der Waals surface area contributed by atoms with E-state index in [4.69, 9.17) is 0 Å². The van der Waals surface area contributed by atoms with E-state index in [0.29, 0.717) is 31.1 Å². The highest BCUT2D eigenvalue weighted by atomic mass is 32.1. The van der Waals surface area contributed by atoms with Crippen LogP contribution in [0.25, 0.3) is 15.9 Å². The van der Waals surface area contributed by atoms with Crippen LogP contribution in [0.3, 0.4) is 0 Å². The van der Waals surface area contributed by atoms with Crippen LogP contribution in [0.2, 0.25) is 0 Å². The number of aryl methyl sites for hydroxylation is 1. The standard InChI is InChI=1S/C20H21N5O3S/c1-13-15-12-16(29-20(15)25(22-13)14-6-4-3-5-7-14)17(26)21-8-9-24-11-10-23(2)18(27)19(24)28/h3-7,12H,8-11H2,1-2H3,(H,21,26). The molecule has 1 aliphatic heterocycles. The molecule has 9 heteroatoms. The number of piperazine rings is 1. The van der Waals surface area contributed by atoms with E-state index in [9.17, 15) is 14.4 Å². The van der Waals surface area contributed by atoms with Crippen molar-refractivity contribution in [3.8, 4) is 5.69 Å². The Morgan fingerprint density at radius 1 is 1.17 bits per heavy atom. The van der Waals surface area contributed by atoms with Crippen LogP contribution in [0.1, 0.15) is 15.4 Å². The predicted molar refractivity (Wildman–Crippen MR) is 110 cm³/mol. The molecule has 2 aromatic heterocycles. The van der Waals surface area contributed by atoms with Gasteiger partial charge in [-0.05, 0) is 25.1 Å². The molecule has 1 fully saturated rings. The highest BCUT2D eigenvalue weighted by molar-refractivity contribution is 7.20. The van der Waals surface area contributed by atoms with Crippen LogP contribution in [0.15, 0.2) is 36.4 Å².